The van der Waals surface area contributed by atoms with Crippen LogP contribution in [0.15, 0.2) is 65.5 Å². The van der Waals surface area contributed by atoms with E-state index >= 15 is 0 Å². The predicted molar refractivity (Wildman–Crippen MR) is 77.2 cm³/mol. The molecule has 0 radical (unpaired) electrons. The number of aldehydes is 1. The van der Waals surface area contributed by atoms with E-state index in [-0.39, 0.29) is 11.1 Å². The number of H-pyrrole nitrogens is 1. The van der Waals surface area contributed by atoms with Crippen molar-refractivity contribution < 1.29 is 4.79 Å². The van der Waals surface area contributed by atoms with Crippen LogP contribution < -0.4 is 5.56 Å². The number of rotatable bonds is 3. The van der Waals surface area contributed by atoms with E-state index in [1.807, 2.05) is 48.5 Å². The summed E-state index contributed by atoms with van der Waals surface area (Å²) in [7, 11) is 0. The molecular weight excluding hydrogens is 252 g/mol. The molecule has 4 heteroatoms. The van der Waals surface area contributed by atoms with Gasteiger partial charge in [-0.25, -0.2) is 4.68 Å². The number of nitrogens with zero attached hydrogens (tertiary/aromatic N) is 1. The fourth-order valence-corrected chi connectivity index (χ4v) is 2.14. The molecule has 98 valence electrons. The molecule has 3 aromatic rings. The SMILES string of the molecule is O=Cc1c(-c2ccccc2)[nH]n(-c2ccccc2)c1=O. The summed E-state index contributed by atoms with van der Waals surface area (Å²) in [5, 5.41) is 3.01. The summed E-state index contributed by atoms with van der Waals surface area (Å²) in [4.78, 5) is 23.5. The van der Waals surface area contributed by atoms with Crippen LogP contribution in [0.1, 0.15) is 10.4 Å². The third kappa shape index (κ3) is 1.97. The Balaban J connectivity index is 2.24. The summed E-state index contributed by atoms with van der Waals surface area (Å²) in [5.41, 5.74) is 1.84. The third-order valence-corrected chi connectivity index (χ3v) is 3.12. The van der Waals surface area contributed by atoms with E-state index in [4.69, 9.17) is 0 Å². The number of nitrogens with one attached hydrogen (secondary N) is 1. The lowest BCUT2D eigenvalue weighted by molar-refractivity contribution is 0.112. The molecule has 0 spiro atoms. The molecule has 4 nitrogen and oxygen atoms in total. The summed E-state index contributed by atoms with van der Waals surface area (Å²) in [6.07, 6.45) is 0.598. The van der Waals surface area contributed by atoms with Crippen molar-refractivity contribution in [2.24, 2.45) is 0 Å². The first-order chi connectivity index (χ1) is 9.81. The van der Waals surface area contributed by atoms with Crippen LogP contribution in [0.2, 0.25) is 0 Å². The maximum absolute atomic E-state index is 12.3. The molecule has 0 aliphatic rings. The van der Waals surface area contributed by atoms with Gasteiger partial charge in [-0.05, 0) is 12.1 Å². The molecule has 0 aliphatic heterocycles. The Morgan fingerprint density at radius 3 is 2.10 bits per heavy atom. The quantitative estimate of drug-likeness (QED) is 0.739. The minimum absolute atomic E-state index is 0.139. The Hall–Kier alpha value is -2.88. The van der Waals surface area contributed by atoms with Gasteiger partial charge in [0.15, 0.2) is 6.29 Å². The topological polar surface area (TPSA) is 54.9 Å². The van der Waals surface area contributed by atoms with Gasteiger partial charge in [0, 0.05) is 5.56 Å². The number of aromatic nitrogens is 2. The minimum Gasteiger partial charge on any atom is -0.298 e. The summed E-state index contributed by atoms with van der Waals surface area (Å²) in [6, 6.07) is 18.5. The van der Waals surface area contributed by atoms with Crippen molar-refractivity contribution in [1.82, 2.24) is 9.78 Å². The van der Waals surface area contributed by atoms with E-state index in [9.17, 15) is 9.59 Å². The second kappa shape index (κ2) is 5.01. The Morgan fingerprint density at radius 1 is 0.900 bits per heavy atom. The molecule has 0 atom stereocenters. The van der Waals surface area contributed by atoms with Gasteiger partial charge in [0.25, 0.3) is 5.56 Å². The standard InChI is InChI=1S/C16H12N2O2/c19-11-14-15(12-7-3-1-4-8-12)17-18(16(14)20)13-9-5-2-6-10-13/h1-11,17H. The van der Waals surface area contributed by atoms with E-state index in [0.717, 1.165) is 5.56 Å². The van der Waals surface area contributed by atoms with E-state index in [1.54, 1.807) is 12.1 Å². The van der Waals surface area contributed by atoms with Crippen LogP contribution in [0.5, 0.6) is 0 Å². The van der Waals surface area contributed by atoms with Crippen LogP contribution >= 0.6 is 0 Å². The molecule has 0 unspecified atom stereocenters. The van der Waals surface area contributed by atoms with Crippen LogP contribution in [-0.2, 0) is 0 Å². The van der Waals surface area contributed by atoms with Crippen molar-refractivity contribution in [2.75, 3.05) is 0 Å². The lowest BCUT2D eigenvalue weighted by atomic mass is 10.1. The molecule has 1 heterocycles. The summed E-state index contributed by atoms with van der Waals surface area (Å²) in [5.74, 6) is 0. The highest BCUT2D eigenvalue weighted by Gasteiger charge is 2.15. The molecule has 2 aromatic carbocycles. The fourth-order valence-electron chi connectivity index (χ4n) is 2.14. The van der Waals surface area contributed by atoms with Gasteiger partial charge in [0.05, 0.1) is 11.4 Å². The predicted octanol–water partition coefficient (Wildman–Crippen LogP) is 2.65. The highest BCUT2D eigenvalue weighted by molar-refractivity contribution is 5.85. The van der Waals surface area contributed by atoms with Crippen LogP contribution in [0.25, 0.3) is 16.9 Å². The van der Waals surface area contributed by atoms with Crippen molar-refractivity contribution in [2.45, 2.75) is 0 Å². The molecule has 1 aromatic heterocycles. The first-order valence-electron chi connectivity index (χ1n) is 6.22. The first-order valence-corrected chi connectivity index (χ1v) is 6.22. The lowest BCUT2D eigenvalue weighted by Crippen LogP contribution is -2.16. The Labute approximate surface area is 115 Å². The van der Waals surface area contributed by atoms with E-state index < -0.39 is 0 Å². The molecule has 0 fully saturated rings. The van der Waals surface area contributed by atoms with Gasteiger partial charge in [-0.2, -0.15) is 0 Å². The maximum atomic E-state index is 12.3. The molecule has 0 amide bonds. The van der Waals surface area contributed by atoms with Crippen molar-refractivity contribution in [3.63, 3.8) is 0 Å². The van der Waals surface area contributed by atoms with Gasteiger partial charge in [-0.3, -0.25) is 14.7 Å². The van der Waals surface area contributed by atoms with Crippen LogP contribution in [0.3, 0.4) is 0 Å². The van der Waals surface area contributed by atoms with Crippen molar-refractivity contribution in [3.05, 3.63) is 76.6 Å². The van der Waals surface area contributed by atoms with Crippen LogP contribution in [0, 0.1) is 0 Å². The molecule has 20 heavy (non-hydrogen) atoms. The number of hydrogen-bond acceptors (Lipinski definition) is 2. The van der Waals surface area contributed by atoms with Gasteiger partial charge in [-0.1, -0.05) is 48.5 Å². The molecule has 0 bridgehead atoms. The Kier molecular flexibility index (Phi) is 3.05. The van der Waals surface area contributed by atoms with Crippen LogP contribution in [-0.4, -0.2) is 16.1 Å². The number of carbonyl (C=O) groups excluding carboxylic acids is 1. The zero-order chi connectivity index (χ0) is 13.9. The number of para-hydroxylation sites is 1. The van der Waals surface area contributed by atoms with Gasteiger partial charge in [0.2, 0.25) is 0 Å². The van der Waals surface area contributed by atoms with Gasteiger partial charge in [0.1, 0.15) is 5.56 Å². The normalized spacial score (nSPS) is 10.4. The van der Waals surface area contributed by atoms with Crippen molar-refractivity contribution in [1.29, 1.82) is 0 Å². The van der Waals surface area contributed by atoms with Crippen LogP contribution in [0.4, 0.5) is 0 Å². The second-order valence-corrected chi connectivity index (χ2v) is 4.36. The van der Waals surface area contributed by atoms with E-state index in [1.165, 1.54) is 4.68 Å². The van der Waals surface area contributed by atoms with Crippen molar-refractivity contribution >= 4 is 6.29 Å². The molecule has 0 aliphatic carbocycles. The summed E-state index contributed by atoms with van der Waals surface area (Å²) in [6.45, 7) is 0. The van der Waals surface area contributed by atoms with Gasteiger partial charge < -0.3 is 0 Å². The maximum Gasteiger partial charge on any atom is 0.282 e. The lowest BCUT2D eigenvalue weighted by Gasteiger charge is -2.01. The summed E-state index contributed by atoms with van der Waals surface area (Å²) >= 11 is 0. The van der Waals surface area contributed by atoms with E-state index in [2.05, 4.69) is 5.10 Å². The molecule has 3 rings (SSSR count). The molecule has 0 saturated carbocycles. The average Bonchev–Trinajstić information content (AvgIpc) is 2.86. The first kappa shape index (κ1) is 12.2. The minimum atomic E-state index is -0.343. The monoisotopic (exact) mass is 264 g/mol. The Bertz CT molecular complexity index is 786. The zero-order valence-corrected chi connectivity index (χ0v) is 10.6. The number of hydrogen-bond donors (Lipinski definition) is 1. The molecular formula is C16H12N2O2. The number of carbonyl (C=O) groups is 1. The van der Waals surface area contributed by atoms with Crippen molar-refractivity contribution in [3.8, 4) is 16.9 Å². The third-order valence-electron chi connectivity index (χ3n) is 3.12. The Morgan fingerprint density at radius 2 is 1.50 bits per heavy atom. The molecule has 1 N–H and O–H groups in total. The highest BCUT2D eigenvalue weighted by Crippen LogP contribution is 2.19. The van der Waals surface area contributed by atoms with Gasteiger partial charge >= 0.3 is 0 Å². The number of benzene rings is 2. The zero-order valence-electron chi connectivity index (χ0n) is 10.6. The van der Waals surface area contributed by atoms with E-state index in [0.29, 0.717) is 17.7 Å². The largest absolute Gasteiger partial charge is 0.298 e. The fraction of sp³-hybridized carbons (Fsp3) is 0. The number of aromatic amines is 1. The smallest absolute Gasteiger partial charge is 0.282 e. The average molecular weight is 264 g/mol. The second-order valence-electron chi connectivity index (χ2n) is 4.36. The molecule has 0 saturated heterocycles. The van der Waals surface area contributed by atoms with Gasteiger partial charge in [-0.15, -0.1) is 0 Å². The highest BCUT2D eigenvalue weighted by atomic mass is 16.1. The summed E-state index contributed by atoms with van der Waals surface area (Å²) < 4.78 is 1.38.